The van der Waals surface area contributed by atoms with Crippen LogP contribution in [0.4, 0.5) is 0 Å². The first-order chi connectivity index (χ1) is 4.85. The van der Waals surface area contributed by atoms with E-state index < -0.39 is 0 Å². The predicted molar refractivity (Wildman–Crippen MR) is 40.0 cm³/mol. The Balaban J connectivity index is 1.92. The Morgan fingerprint density at radius 1 is 1.50 bits per heavy atom. The fourth-order valence-electron chi connectivity index (χ4n) is 1.91. The lowest BCUT2D eigenvalue weighted by Gasteiger charge is -2.38. The molecule has 0 bridgehead atoms. The first-order valence-corrected chi connectivity index (χ1v) is 4.21. The van der Waals surface area contributed by atoms with E-state index in [1.165, 1.54) is 32.5 Å². The number of likely N-dealkylation sites (tertiary alicyclic amines) is 1. The fourth-order valence-corrected chi connectivity index (χ4v) is 1.91. The normalized spacial score (nSPS) is 40.5. The zero-order valence-corrected chi connectivity index (χ0v) is 6.60. The second-order valence-corrected chi connectivity index (χ2v) is 3.40. The first-order valence-electron chi connectivity index (χ1n) is 4.21. The highest BCUT2D eigenvalue weighted by atomic mass is 16.5. The van der Waals surface area contributed by atoms with Crippen LogP contribution in [0.2, 0.25) is 0 Å². The average Bonchev–Trinajstić information content (AvgIpc) is 2.29. The lowest BCUT2D eigenvalue weighted by molar-refractivity contribution is -0.136. The zero-order valence-electron chi connectivity index (χ0n) is 6.60. The monoisotopic (exact) mass is 141 g/mol. The molecule has 2 aliphatic rings. The lowest BCUT2D eigenvalue weighted by atomic mass is 9.94. The molecule has 1 atom stereocenters. The summed E-state index contributed by atoms with van der Waals surface area (Å²) in [5.74, 6) is 0. The molecular weight excluding hydrogens is 126 g/mol. The second-order valence-electron chi connectivity index (χ2n) is 3.40. The van der Waals surface area contributed by atoms with Gasteiger partial charge in [0.15, 0.2) is 0 Å². The number of hydrogen-bond acceptors (Lipinski definition) is 2. The maximum absolute atomic E-state index is 5.57. The van der Waals surface area contributed by atoms with E-state index in [4.69, 9.17) is 4.74 Å². The van der Waals surface area contributed by atoms with Crippen LogP contribution >= 0.6 is 0 Å². The molecule has 2 rings (SSSR count). The van der Waals surface area contributed by atoms with Crippen molar-refractivity contribution in [2.24, 2.45) is 0 Å². The van der Waals surface area contributed by atoms with Crippen LogP contribution in [0, 0.1) is 0 Å². The van der Waals surface area contributed by atoms with E-state index in [1.54, 1.807) is 0 Å². The third-order valence-corrected chi connectivity index (χ3v) is 2.81. The van der Waals surface area contributed by atoms with Gasteiger partial charge in [0, 0.05) is 19.5 Å². The Labute approximate surface area is 62.2 Å². The molecule has 1 spiro atoms. The first kappa shape index (κ1) is 6.62. The van der Waals surface area contributed by atoms with Gasteiger partial charge in [-0.25, -0.2) is 0 Å². The molecule has 0 N–H and O–H groups in total. The highest BCUT2D eigenvalue weighted by Crippen LogP contribution is 2.35. The van der Waals surface area contributed by atoms with Crippen LogP contribution < -0.4 is 0 Å². The van der Waals surface area contributed by atoms with Gasteiger partial charge in [0.05, 0.1) is 12.2 Å². The fraction of sp³-hybridized carbons (Fsp3) is 1.00. The van der Waals surface area contributed by atoms with Crippen LogP contribution in [0.15, 0.2) is 0 Å². The number of likely N-dealkylation sites (N-methyl/N-ethyl adjacent to an activating group) is 1. The van der Waals surface area contributed by atoms with E-state index in [1.807, 2.05) is 0 Å². The van der Waals surface area contributed by atoms with Gasteiger partial charge in [0.1, 0.15) is 0 Å². The summed E-state index contributed by atoms with van der Waals surface area (Å²) >= 11 is 0. The van der Waals surface area contributed by atoms with E-state index >= 15 is 0 Å². The quantitative estimate of drug-likeness (QED) is 0.537. The molecule has 0 saturated carbocycles. The molecule has 2 heterocycles. The molecular formula is C8H15NO. The van der Waals surface area contributed by atoms with Gasteiger partial charge >= 0.3 is 0 Å². The standard InChI is InChI=1S/C8H15NO/c1-2-9-5-3-8(7-9)4-6-10-8/h2-7H2,1H3. The van der Waals surface area contributed by atoms with Crippen LogP contribution in [-0.4, -0.2) is 36.7 Å². The maximum Gasteiger partial charge on any atom is 0.0842 e. The van der Waals surface area contributed by atoms with Gasteiger partial charge in [0.25, 0.3) is 0 Å². The molecule has 1 unspecified atom stereocenters. The minimum absolute atomic E-state index is 0.315. The average molecular weight is 141 g/mol. The molecule has 2 nitrogen and oxygen atoms in total. The summed E-state index contributed by atoms with van der Waals surface area (Å²) in [6, 6.07) is 0. The Kier molecular flexibility index (Phi) is 1.46. The topological polar surface area (TPSA) is 12.5 Å². The van der Waals surface area contributed by atoms with Gasteiger partial charge in [-0.2, -0.15) is 0 Å². The van der Waals surface area contributed by atoms with E-state index in [2.05, 4.69) is 11.8 Å². The second kappa shape index (κ2) is 2.21. The van der Waals surface area contributed by atoms with Crippen molar-refractivity contribution < 1.29 is 4.74 Å². The van der Waals surface area contributed by atoms with Crippen LogP contribution in [0.5, 0.6) is 0 Å². The summed E-state index contributed by atoms with van der Waals surface area (Å²) < 4.78 is 5.57. The zero-order chi connectivity index (χ0) is 7.03. The van der Waals surface area contributed by atoms with Crippen molar-refractivity contribution in [2.75, 3.05) is 26.2 Å². The number of nitrogens with zero attached hydrogens (tertiary/aromatic N) is 1. The summed E-state index contributed by atoms with van der Waals surface area (Å²) in [6.45, 7) is 6.83. The summed E-state index contributed by atoms with van der Waals surface area (Å²) in [7, 11) is 0. The molecule has 0 aromatic rings. The molecule has 2 aliphatic heterocycles. The number of hydrogen-bond donors (Lipinski definition) is 0. The molecule has 2 heteroatoms. The predicted octanol–water partition coefficient (Wildman–Crippen LogP) is 0.871. The highest BCUT2D eigenvalue weighted by Gasteiger charge is 2.43. The smallest absolute Gasteiger partial charge is 0.0842 e. The SMILES string of the molecule is CCN1CCC2(CCO2)C1. The largest absolute Gasteiger partial charge is 0.373 e. The van der Waals surface area contributed by atoms with Gasteiger partial charge in [-0.1, -0.05) is 6.92 Å². The van der Waals surface area contributed by atoms with Gasteiger partial charge in [0.2, 0.25) is 0 Å². The maximum atomic E-state index is 5.57. The molecule has 0 aliphatic carbocycles. The third kappa shape index (κ3) is 0.867. The van der Waals surface area contributed by atoms with Crippen molar-refractivity contribution in [3.05, 3.63) is 0 Å². The Morgan fingerprint density at radius 3 is 2.60 bits per heavy atom. The number of ether oxygens (including phenoxy) is 1. The summed E-state index contributed by atoms with van der Waals surface area (Å²) in [5.41, 5.74) is 0.315. The molecule has 0 amide bonds. The molecule has 0 radical (unpaired) electrons. The molecule has 2 saturated heterocycles. The van der Waals surface area contributed by atoms with Crippen LogP contribution in [0.1, 0.15) is 19.8 Å². The van der Waals surface area contributed by atoms with Crippen molar-refractivity contribution in [3.63, 3.8) is 0 Å². The van der Waals surface area contributed by atoms with E-state index in [-0.39, 0.29) is 0 Å². The van der Waals surface area contributed by atoms with Crippen molar-refractivity contribution in [1.29, 1.82) is 0 Å². The van der Waals surface area contributed by atoms with Crippen molar-refractivity contribution >= 4 is 0 Å². The van der Waals surface area contributed by atoms with Crippen LogP contribution in [0.3, 0.4) is 0 Å². The molecule has 0 aromatic heterocycles. The van der Waals surface area contributed by atoms with Gasteiger partial charge < -0.3 is 9.64 Å². The summed E-state index contributed by atoms with van der Waals surface area (Å²) in [5, 5.41) is 0. The molecule has 10 heavy (non-hydrogen) atoms. The Hall–Kier alpha value is -0.0800. The highest BCUT2D eigenvalue weighted by molar-refractivity contribution is 4.96. The van der Waals surface area contributed by atoms with E-state index in [0.717, 1.165) is 6.61 Å². The Bertz CT molecular complexity index is 131. The minimum Gasteiger partial charge on any atom is -0.373 e. The van der Waals surface area contributed by atoms with Crippen molar-refractivity contribution in [3.8, 4) is 0 Å². The van der Waals surface area contributed by atoms with E-state index in [9.17, 15) is 0 Å². The summed E-state index contributed by atoms with van der Waals surface area (Å²) in [6.07, 6.45) is 2.56. The number of rotatable bonds is 1. The van der Waals surface area contributed by atoms with Gasteiger partial charge in [-0.05, 0) is 13.0 Å². The van der Waals surface area contributed by atoms with Crippen molar-refractivity contribution in [1.82, 2.24) is 4.90 Å². The van der Waals surface area contributed by atoms with Crippen LogP contribution in [-0.2, 0) is 4.74 Å². The molecule has 58 valence electrons. The van der Waals surface area contributed by atoms with Crippen molar-refractivity contribution in [2.45, 2.75) is 25.4 Å². The van der Waals surface area contributed by atoms with E-state index in [0.29, 0.717) is 5.60 Å². The van der Waals surface area contributed by atoms with Gasteiger partial charge in [-0.3, -0.25) is 0 Å². The van der Waals surface area contributed by atoms with Gasteiger partial charge in [-0.15, -0.1) is 0 Å². The van der Waals surface area contributed by atoms with Crippen LogP contribution in [0.25, 0.3) is 0 Å². The summed E-state index contributed by atoms with van der Waals surface area (Å²) in [4.78, 5) is 2.47. The minimum atomic E-state index is 0.315. The third-order valence-electron chi connectivity index (χ3n) is 2.81. The molecule has 2 fully saturated rings. The molecule has 0 aromatic carbocycles. The lowest BCUT2D eigenvalue weighted by Crippen LogP contribution is -2.45. The Morgan fingerprint density at radius 2 is 2.30 bits per heavy atom.